The SMILES string of the molecule is CC(COc1c(Br)cccc1CNC1CC1)C(N)=O. The Balaban J connectivity index is 2.01. The van der Waals surface area contributed by atoms with Crippen LogP contribution < -0.4 is 15.8 Å². The quantitative estimate of drug-likeness (QED) is 0.807. The molecule has 19 heavy (non-hydrogen) atoms. The molecule has 0 spiro atoms. The molecule has 104 valence electrons. The van der Waals surface area contributed by atoms with Crippen LogP contribution in [0, 0.1) is 5.92 Å². The van der Waals surface area contributed by atoms with Crippen LogP contribution in [-0.2, 0) is 11.3 Å². The van der Waals surface area contributed by atoms with Crippen molar-refractivity contribution in [3.8, 4) is 5.75 Å². The third kappa shape index (κ3) is 4.21. The number of rotatable bonds is 7. The van der Waals surface area contributed by atoms with E-state index < -0.39 is 0 Å². The number of hydrogen-bond acceptors (Lipinski definition) is 3. The molecule has 1 aliphatic rings. The van der Waals surface area contributed by atoms with Gasteiger partial charge >= 0.3 is 0 Å². The van der Waals surface area contributed by atoms with Gasteiger partial charge in [-0.3, -0.25) is 4.79 Å². The van der Waals surface area contributed by atoms with E-state index in [1.165, 1.54) is 12.8 Å². The predicted octanol–water partition coefficient (Wildman–Crippen LogP) is 2.20. The van der Waals surface area contributed by atoms with E-state index in [0.717, 1.165) is 22.3 Å². The molecule has 1 aromatic rings. The summed E-state index contributed by atoms with van der Waals surface area (Å²) in [4.78, 5) is 11.0. The number of carbonyl (C=O) groups excluding carboxylic acids is 1. The van der Waals surface area contributed by atoms with E-state index in [1.54, 1.807) is 6.92 Å². The fourth-order valence-corrected chi connectivity index (χ4v) is 2.21. The predicted molar refractivity (Wildman–Crippen MR) is 77.9 cm³/mol. The minimum Gasteiger partial charge on any atom is -0.491 e. The maximum atomic E-state index is 11.0. The zero-order chi connectivity index (χ0) is 13.8. The highest BCUT2D eigenvalue weighted by Gasteiger charge is 2.21. The van der Waals surface area contributed by atoms with Gasteiger partial charge in [0, 0.05) is 18.2 Å². The number of carbonyl (C=O) groups is 1. The minimum absolute atomic E-state index is 0.295. The summed E-state index contributed by atoms with van der Waals surface area (Å²) in [7, 11) is 0. The van der Waals surface area contributed by atoms with Crippen LogP contribution in [0.15, 0.2) is 22.7 Å². The van der Waals surface area contributed by atoms with Gasteiger partial charge in [-0.2, -0.15) is 0 Å². The van der Waals surface area contributed by atoms with Crippen LogP contribution in [0.4, 0.5) is 0 Å². The first kappa shape index (κ1) is 14.3. The molecule has 1 aromatic carbocycles. The van der Waals surface area contributed by atoms with Crippen molar-refractivity contribution in [2.24, 2.45) is 11.7 Å². The summed E-state index contributed by atoms with van der Waals surface area (Å²) in [6.45, 7) is 2.85. The van der Waals surface area contributed by atoms with Crippen LogP contribution in [0.2, 0.25) is 0 Å². The van der Waals surface area contributed by atoms with Crippen LogP contribution in [0.1, 0.15) is 25.3 Å². The second-order valence-electron chi connectivity index (χ2n) is 5.00. The molecular weight excluding hydrogens is 308 g/mol. The van der Waals surface area contributed by atoms with Gasteiger partial charge in [0.25, 0.3) is 0 Å². The summed E-state index contributed by atoms with van der Waals surface area (Å²) in [6.07, 6.45) is 2.51. The highest BCUT2D eigenvalue weighted by atomic mass is 79.9. The Morgan fingerprint density at radius 1 is 1.58 bits per heavy atom. The van der Waals surface area contributed by atoms with Gasteiger partial charge in [-0.1, -0.05) is 19.1 Å². The lowest BCUT2D eigenvalue weighted by Crippen LogP contribution is -2.26. The number of nitrogens with two attached hydrogens (primary N) is 1. The summed E-state index contributed by atoms with van der Waals surface area (Å²) in [5, 5.41) is 3.46. The fourth-order valence-electron chi connectivity index (χ4n) is 1.69. The number of nitrogens with one attached hydrogen (secondary N) is 1. The molecule has 0 bridgehead atoms. The van der Waals surface area contributed by atoms with E-state index in [-0.39, 0.29) is 11.8 Å². The van der Waals surface area contributed by atoms with Crippen molar-refractivity contribution in [2.45, 2.75) is 32.4 Å². The second kappa shape index (κ2) is 6.39. The number of halogens is 1. The van der Waals surface area contributed by atoms with Gasteiger partial charge in [0.15, 0.2) is 0 Å². The van der Waals surface area contributed by atoms with Gasteiger partial charge in [-0.05, 0) is 34.8 Å². The number of amides is 1. The Labute approximate surface area is 121 Å². The number of benzene rings is 1. The van der Waals surface area contributed by atoms with Crippen LogP contribution in [0.3, 0.4) is 0 Å². The van der Waals surface area contributed by atoms with Crippen molar-refractivity contribution >= 4 is 21.8 Å². The Bertz CT molecular complexity index is 461. The average molecular weight is 327 g/mol. The average Bonchev–Trinajstić information content (AvgIpc) is 3.18. The molecule has 0 aromatic heterocycles. The molecular formula is C14H19BrN2O2. The van der Waals surface area contributed by atoms with E-state index >= 15 is 0 Å². The molecule has 3 N–H and O–H groups in total. The molecule has 5 heteroatoms. The van der Waals surface area contributed by atoms with E-state index in [0.29, 0.717) is 12.6 Å². The van der Waals surface area contributed by atoms with Gasteiger partial charge < -0.3 is 15.8 Å². The Hall–Kier alpha value is -1.07. The standard InChI is InChI=1S/C14H19BrN2O2/c1-9(14(16)18)8-19-13-10(3-2-4-12(13)15)7-17-11-5-6-11/h2-4,9,11,17H,5-8H2,1H3,(H2,16,18). The van der Waals surface area contributed by atoms with Crippen molar-refractivity contribution < 1.29 is 9.53 Å². The zero-order valence-electron chi connectivity index (χ0n) is 11.0. The molecule has 0 saturated heterocycles. The summed E-state index contributed by atoms with van der Waals surface area (Å²) in [6, 6.07) is 6.60. The lowest BCUT2D eigenvalue weighted by Gasteiger charge is -2.15. The van der Waals surface area contributed by atoms with Gasteiger partial charge in [-0.25, -0.2) is 0 Å². The third-order valence-corrected chi connectivity index (χ3v) is 3.79. The van der Waals surface area contributed by atoms with E-state index in [9.17, 15) is 4.79 Å². The number of primary amides is 1. The van der Waals surface area contributed by atoms with Crippen molar-refractivity contribution in [2.75, 3.05) is 6.61 Å². The second-order valence-corrected chi connectivity index (χ2v) is 5.85. The maximum Gasteiger partial charge on any atom is 0.223 e. The van der Waals surface area contributed by atoms with E-state index in [4.69, 9.17) is 10.5 Å². The minimum atomic E-state index is -0.343. The van der Waals surface area contributed by atoms with Gasteiger partial charge in [0.1, 0.15) is 5.75 Å². The third-order valence-electron chi connectivity index (χ3n) is 3.17. The Kier molecular flexibility index (Phi) is 4.82. The normalized spacial score (nSPS) is 16.1. The topological polar surface area (TPSA) is 64.3 Å². The van der Waals surface area contributed by atoms with Gasteiger partial charge in [-0.15, -0.1) is 0 Å². The first-order valence-corrected chi connectivity index (χ1v) is 7.30. The van der Waals surface area contributed by atoms with Crippen molar-refractivity contribution in [1.29, 1.82) is 0 Å². The van der Waals surface area contributed by atoms with Gasteiger partial charge in [0.05, 0.1) is 17.0 Å². The van der Waals surface area contributed by atoms with Crippen LogP contribution >= 0.6 is 15.9 Å². The molecule has 1 amide bonds. The Morgan fingerprint density at radius 3 is 2.95 bits per heavy atom. The molecule has 2 rings (SSSR count). The lowest BCUT2D eigenvalue weighted by molar-refractivity contribution is -0.122. The fraction of sp³-hybridized carbons (Fsp3) is 0.500. The summed E-state index contributed by atoms with van der Waals surface area (Å²) >= 11 is 3.49. The molecule has 1 unspecified atom stereocenters. The molecule has 4 nitrogen and oxygen atoms in total. The van der Waals surface area contributed by atoms with Crippen LogP contribution in [-0.4, -0.2) is 18.6 Å². The highest BCUT2D eigenvalue weighted by molar-refractivity contribution is 9.10. The molecule has 1 fully saturated rings. The van der Waals surface area contributed by atoms with Crippen molar-refractivity contribution in [1.82, 2.24) is 5.32 Å². The van der Waals surface area contributed by atoms with E-state index in [1.807, 2.05) is 18.2 Å². The molecule has 0 aliphatic heterocycles. The molecule has 1 saturated carbocycles. The summed E-state index contributed by atoms with van der Waals surface area (Å²) in [5.41, 5.74) is 6.34. The summed E-state index contributed by atoms with van der Waals surface area (Å²) < 4.78 is 6.66. The lowest BCUT2D eigenvalue weighted by atomic mass is 10.1. The first-order chi connectivity index (χ1) is 9.08. The molecule has 0 heterocycles. The van der Waals surface area contributed by atoms with Crippen LogP contribution in [0.5, 0.6) is 5.75 Å². The first-order valence-electron chi connectivity index (χ1n) is 6.51. The monoisotopic (exact) mass is 326 g/mol. The highest BCUT2D eigenvalue weighted by Crippen LogP contribution is 2.30. The molecule has 1 aliphatic carbocycles. The molecule has 0 radical (unpaired) electrons. The van der Waals surface area contributed by atoms with Crippen molar-refractivity contribution in [3.05, 3.63) is 28.2 Å². The summed E-state index contributed by atoms with van der Waals surface area (Å²) in [5.74, 6) is 0.157. The Morgan fingerprint density at radius 2 is 2.32 bits per heavy atom. The largest absolute Gasteiger partial charge is 0.491 e. The number of ether oxygens (including phenoxy) is 1. The molecule has 1 atom stereocenters. The van der Waals surface area contributed by atoms with Gasteiger partial charge in [0.2, 0.25) is 5.91 Å². The smallest absolute Gasteiger partial charge is 0.223 e. The number of para-hydroxylation sites is 1. The van der Waals surface area contributed by atoms with E-state index in [2.05, 4.69) is 21.2 Å². The zero-order valence-corrected chi connectivity index (χ0v) is 12.6. The maximum absolute atomic E-state index is 11.0. The number of hydrogen-bond donors (Lipinski definition) is 2. The van der Waals surface area contributed by atoms with Crippen molar-refractivity contribution in [3.63, 3.8) is 0 Å². The van der Waals surface area contributed by atoms with Crippen LogP contribution in [0.25, 0.3) is 0 Å².